The highest BCUT2D eigenvalue weighted by Crippen LogP contribution is 2.42. The molecule has 0 bridgehead atoms. The topological polar surface area (TPSA) is 71.9 Å². The van der Waals surface area contributed by atoms with Gasteiger partial charge in [-0.3, -0.25) is 14.7 Å². The number of halogens is 5. The smallest absolute Gasteiger partial charge is 0.309 e. The van der Waals surface area contributed by atoms with Gasteiger partial charge in [0.15, 0.2) is 17.5 Å². The van der Waals surface area contributed by atoms with Crippen LogP contribution < -0.4 is 9.47 Å². The number of hydrogen-bond donors (Lipinski definition) is 1. The molecule has 1 aromatic heterocycles. The van der Waals surface area contributed by atoms with Crippen molar-refractivity contribution in [1.29, 1.82) is 0 Å². The van der Waals surface area contributed by atoms with Gasteiger partial charge in [0.1, 0.15) is 24.3 Å². The molecule has 0 spiro atoms. The number of carboxylic acids is 1. The summed E-state index contributed by atoms with van der Waals surface area (Å²) in [6.07, 6.45) is 0.570. The molecule has 1 atom stereocenters. The van der Waals surface area contributed by atoms with Gasteiger partial charge in [0, 0.05) is 35.8 Å². The van der Waals surface area contributed by atoms with E-state index in [1.165, 1.54) is 13.3 Å². The molecule has 4 rings (SSSR count). The Labute approximate surface area is 222 Å². The van der Waals surface area contributed by atoms with Crippen LogP contribution in [-0.2, 0) is 4.79 Å². The molecule has 0 aliphatic carbocycles. The van der Waals surface area contributed by atoms with Crippen LogP contribution in [0.2, 0.25) is 5.02 Å². The van der Waals surface area contributed by atoms with Crippen LogP contribution in [0, 0.1) is 22.9 Å². The number of hydrogen-bond acceptors (Lipinski definition) is 5. The Morgan fingerprint density at radius 2 is 1.84 bits per heavy atom. The number of aliphatic carboxylic acids is 1. The molecule has 1 aliphatic heterocycles. The van der Waals surface area contributed by atoms with E-state index in [9.17, 15) is 23.1 Å². The molecule has 1 aliphatic rings. The van der Waals surface area contributed by atoms with Gasteiger partial charge < -0.3 is 14.6 Å². The quantitative estimate of drug-likeness (QED) is 0.233. The predicted octanol–water partition coefficient (Wildman–Crippen LogP) is 6.35. The van der Waals surface area contributed by atoms with Crippen LogP contribution in [-0.4, -0.2) is 54.3 Å². The highest BCUT2D eigenvalue weighted by Gasteiger charge is 2.41. The number of likely N-dealkylation sites (tertiary alicyclic amines) is 1. The number of nitrogens with zero attached hydrogens (tertiary/aromatic N) is 2. The van der Waals surface area contributed by atoms with Crippen molar-refractivity contribution in [2.24, 2.45) is 5.41 Å². The van der Waals surface area contributed by atoms with Crippen LogP contribution in [0.3, 0.4) is 0 Å². The number of alkyl halides is 1. The number of carbonyl (C=O) groups is 1. The van der Waals surface area contributed by atoms with E-state index in [0.29, 0.717) is 49.1 Å². The minimum Gasteiger partial charge on any atom is -0.497 e. The highest BCUT2D eigenvalue weighted by atomic mass is 35.5. The second-order valence-corrected chi connectivity index (χ2v) is 9.79. The largest absolute Gasteiger partial charge is 0.497 e. The molecule has 0 amide bonds. The lowest BCUT2D eigenvalue weighted by atomic mass is 9.74. The van der Waals surface area contributed by atoms with Crippen LogP contribution in [0.25, 0.3) is 10.9 Å². The number of pyridine rings is 1. The third kappa shape index (κ3) is 5.96. The van der Waals surface area contributed by atoms with Crippen LogP contribution in [0.5, 0.6) is 11.5 Å². The first-order valence-electron chi connectivity index (χ1n) is 12.1. The van der Waals surface area contributed by atoms with Crippen molar-refractivity contribution in [2.45, 2.75) is 31.9 Å². The summed E-state index contributed by atoms with van der Waals surface area (Å²) in [6.45, 7) is 1.31. The van der Waals surface area contributed by atoms with Gasteiger partial charge in [0.25, 0.3) is 0 Å². The number of methoxy groups -OCH3 is 1. The van der Waals surface area contributed by atoms with Gasteiger partial charge in [0.05, 0.1) is 23.1 Å². The molecule has 204 valence electrons. The van der Waals surface area contributed by atoms with Crippen molar-refractivity contribution in [3.63, 3.8) is 0 Å². The average molecular weight is 555 g/mol. The highest BCUT2D eigenvalue weighted by molar-refractivity contribution is 6.32. The van der Waals surface area contributed by atoms with Gasteiger partial charge >= 0.3 is 5.97 Å². The molecule has 6 nitrogen and oxygen atoms in total. The van der Waals surface area contributed by atoms with Crippen molar-refractivity contribution in [1.82, 2.24) is 9.88 Å². The molecule has 3 aromatic rings. The number of rotatable bonds is 10. The first kappa shape index (κ1) is 27.9. The number of carboxylic acid groups (broad SMARTS) is 1. The van der Waals surface area contributed by atoms with E-state index in [4.69, 9.17) is 21.1 Å². The van der Waals surface area contributed by atoms with Crippen LogP contribution in [0.4, 0.5) is 17.6 Å². The summed E-state index contributed by atoms with van der Waals surface area (Å²) in [7, 11) is 1.50. The monoisotopic (exact) mass is 554 g/mol. The molecule has 2 heterocycles. The number of benzene rings is 2. The predicted molar refractivity (Wildman–Crippen MR) is 134 cm³/mol. The third-order valence-corrected chi connectivity index (χ3v) is 7.46. The molecule has 1 saturated heterocycles. The second-order valence-electron chi connectivity index (χ2n) is 9.39. The average Bonchev–Trinajstić information content (AvgIpc) is 2.90. The van der Waals surface area contributed by atoms with Gasteiger partial charge in [0.2, 0.25) is 0 Å². The van der Waals surface area contributed by atoms with Gasteiger partial charge in [-0.15, -0.1) is 0 Å². The van der Waals surface area contributed by atoms with Crippen molar-refractivity contribution in [3.8, 4) is 11.5 Å². The van der Waals surface area contributed by atoms with Gasteiger partial charge in [-0.2, -0.15) is 0 Å². The van der Waals surface area contributed by atoms with E-state index in [0.717, 1.165) is 12.1 Å². The summed E-state index contributed by atoms with van der Waals surface area (Å²) in [5, 5.41) is 10.7. The third-order valence-electron chi connectivity index (χ3n) is 7.16. The lowest BCUT2D eigenvalue weighted by Gasteiger charge is -2.39. The zero-order valence-electron chi connectivity index (χ0n) is 20.7. The summed E-state index contributed by atoms with van der Waals surface area (Å²) < 4.78 is 66.0. The fourth-order valence-electron chi connectivity index (χ4n) is 4.84. The van der Waals surface area contributed by atoms with E-state index >= 15 is 4.39 Å². The van der Waals surface area contributed by atoms with E-state index in [2.05, 4.69) is 4.98 Å². The van der Waals surface area contributed by atoms with Crippen LogP contribution in [0.1, 0.15) is 37.4 Å². The summed E-state index contributed by atoms with van der Waals surface area (Å²) >= 11 is 6.31. The molecule has 38 heavy (non-hydrogen) atoms. The van der Waals surface area contributed by atoms with Crippen molar-refractivity contribution in [2.75, 3.05) is 33.4 Å². The van der Waals surface area contributed by atoms with Crippen molar-refractivity contribution < 1.29 is 36.9 Å². The lowest BCUT2D eigenvalue weighted by Crippen LogP contribution is -2.45. The number of piperidine rings is 1. The Morgan fingerprint density at radius 1 is 1.16 bits per heavy atom. The number of ether oxygens (including phenoxy) is 2. The molecular formula is C27H27ClF4N2O4. The van der Waals surface area contributed by atoms with Gasteiger partial charge in [-0.25, -0.2) is 17.6 Å². The maximum absolute atomic E-state index is 15.6. The van der Waals surface area contributed by atoms with E-state index in [-0.39, 0.29) is 35.8 Å². The van der Waals surface area contributed by atoms with Crippen LogP contribution in [0.15, 0.2) is 36.5 Å². The minimum atomic E-state index is -1.56. The Kier molecular flexibility index (Phi) is 8.62. The fraction of sp³-hybridized carbons (Fsp3) is 0.407. The van der Waals surface area contributed by atoms with Crippen molar-refractivity contribution >= 4 is 28.5 Å². The molecule has 0 saturated carbocycles. The number of fused-ring (bicyclic) bond motifs is 1. The van der Waals surface area contributed by atoms with Crippen LogP contribution >= 0.6 is 11.6 Å². The Hall–Kier alpha value is -3.11. The fourth-order valence-corrected chi connectivity index (χ4v) is 5.11. The first-order valence-corrected chi connectivity index (χ1v) is 12.5. The van der Waals surface area contributed by atoms with Gasteiger partial charge in [-0.1, -0.05) is 11.6 Å². The maximum atomic E-state index is 15.6. The molecule has 2 aromatic carbocycles. The molecular weight excluding hydrogens is 528 g/mol. The molecule has 1 fully saturated rings. The van der Waals surface area contributed by atoms with E-state index in [1.807, 2.05) is 4.90 Å². The molecule has 1 unspecified atom stereocenters. The Bertz CT molecular complexity index is 1290. The SMILES string of the molecule is COc1ccc2ncc(Cl)c(C(F)CCC3(C(=O)O)CCN(CCOc4cc(F)c(F)c(F)c4)CC3)c2c1. The Morgan fingerprint density at radius 3 is 2.47 bits per heavy atom. The molecule has 1 N–H and O–H groups in total. The first-order chi connectivity index (χ1) is 18.1. The lowest BCUT2D eigenvalue weighted by molar-refractivity contribution is -0.153. The Balaban J connectivity index is 1.36. The standard InChI is InChI=1S/C27H27ClF4N2O4/c1-37-16-2-3-23-18(12-16)24(19(28)15-33-23)20(29)4-5-27(26(35)36)6-8-34(9-7-27)10-11-38-17-13-21(30)25(32)22(31)14-17/h2-3,12-15,20H,4-11H2,1H3,(H,35,36). The summed E-state index contributed by atoms with van der Waals surface area (Å²) in [6, 6.07) is 6.63. The van der Waals surface area contributed by atoms with Crippen molar-refractivity contribution in [3.05, 3.63) is 64.6 Å². The van der Waals surface area contributed by atoms with E-state index in [1.54, 1.807) is 18.2 Å². The minimum absolute atomic E-state index is 0.0346. The maximum Gasteiger partial charge on any atom is 0.309 e. The zero-order chi connectivity index (χ0) is 27.4. The molecule has 0 radical (unpaired) electrons. The van der Waals surface area contributed by atoms with Gasteiger partial charge in [-0.05, 0) is 57.0 Å². The summed E-state index contributed by atoms with van der Waals surface area (Å²) in [5.74, 6) is -4.82. The summed E-state index contributed by atoms with van der Waals surface area (Å²) in [4.78, 5) is 18.5. The number of aromatic nitrogens is 1. The second kappa shape index (κ2) is 11.7. The van der Waals surface area contributed by atoms with E-state index < -0.39 is 35.0 Å². The summed E-state index contributed by atoms with van der Waals surface area (Å²) in [5.41, 5.74) is -0.278. The molecule has 11 heteroatoms. The zero-order valence-corrected chi connectivity index (χ0v) is 21.4. The normalized spacial score (nSPS) is 16.4.